The first-order valence-corrected chi connectivity index (χ1v) is 4.75. The summed E-state index contributed by atoms with van der Waals surface area (Å²) < 4.78 is 0. The van der Waals surface area contributed by atoms with Crippen LogP contribution < -0.4 is 10.6 Å². The van der Waals surface area contributed by atoms with Gasteiger partial charge < -0.3 is 10.6 Å². The summed E-state index contributed by atoms with van der Waals surface area (Å²) in [5.74, 6) is 0. The predicted octanol–water partition coefficient (Wildman–Crippen LogP) is 2.64. The van der Waals surface area contributed by atoms with E-state index >= 15 is 0 Å². The molecule has 0 saturated carbocycles. The number of carbonyl (C=O) groups excluding carboxylic acids is 1. The molecule has 15 heavy (non-hydrogen) atoms. The third kappa shape index (κ3) is 4.07. The van der Waals surface area contributed by atoms with Crippen LogP contribution in [-0.2, 0) is 0 Å². The van der Waals surface area contributed by atoms with Crippen molar-refractivity contribution in [3.63, 3.8) is 0 Å². The van der Waals surface area contributed by atoms with Crippen molar-refractivity contribution in [3.05, 3.63) is 28.2 Å². The minimum Gasteiger partial charge on any atom is -0.325 e. The fraction of sp³-hybridized carbons (Fsp3) is 0.111. The Kier molecular flexibility index (Phi) is 4.22. The van der Waals surface area contributed by atoms with Crippen molar-refractivity contribution < 1.29 is 4.79 Å². The quantitative estimate of drug-likeness (QED) is 0.785. The summed E-state index contributed by atoms with van der Waals surface area (Å²) in [4.78, 5) is 11.1. The maximum absolute atomic E-state index is 11.1. The van der Waals surface area contributed by atoms with Gasteiger partial charge in [0.25, 0.3) is 0 Å². The predicted molar refractivity (Wildman–Crippen MR) is 59.1 cm³/mol. The molecule has 0 aliphatic carbocycles. The van der Waals surface area contributed by atoms with Crippen LogP contribution in [0.5, 0.6) is 0 Å². The van der Waals surface area contributed by atoms with Crippen molar-refractivity contribution in [2.45, 2.75) is 0 Å². The highest BCUT2D eigenvalue weighted by atomic mass is 35.5. The molecule has 0 atom stereocenters. The number of nitrogens with zero attached hydrogens (tertiary/aromatic N) is 1. The molecule has 2 N–H and O–H groups in total. The fourth-order valence-corrected chi connectivity index (χ4v) is 1.45. The van der Waals surface area contributed by atoms with Crippen molar-refractivity contribution in [2.75, 3.05) is 11.9 Å². The fourth-order valence-electron chi connectivity index (χ4n) is 0.921. The molecular weight excluding hydrogens is 237 g/mol. The summed E-state index contributed by atoms with van der Waals surface area (Å²) in [7, 11) is 0. The van der Waals surface area contributed by atoms with E-state index in [1.165, 1.54) is 0 Å². The van der Waals surface area contributed by atoms with Crippen LogP contribution in [0, 0.1) is 11.3 Å². The van der Waals surface area contributed by atoms with Gasteiger partial charge in [0.2, 0.25) is 0 Å². The van der Waals surface area contributed by atoms with Gasteiger partial charge in [0.1, 0.15) is 6.54 Å². The summed E-state index contributed by atoms with van der Waals surface area (Å²) in [6.07, 6.45) is 0. The number of carbonyl (C=O) groups is 1. The van der Waals surface area contributed by atoms with Crippen LogP contribution in [-0.4, -0.2) is 12.6 Å². The van der Waals surface area contributed by atoms with Crippen LogP contribution in [0.25, 0.3) is 0 Å². The van der Waals surface area contributed by atoms with Crippen molar-refractivity contribution in [2.24, 2.45) is 0 Å². The van der Waals surface area contributed by atoms with Gasteiger partial charge in [-0.05, 0) is 18.2 Å². The van der Waals surface area contributed by atoms with Crippen molar-refractivity contribution in [1.82, 2.24) is 5.32 Å². The average molecular weight is 244 g/mol. The standard InChI is InChI=1S/C9H7Cl2N3O/c10-6-3-7(11)5-8(4-6)14-9(15)13-2-1-12/h3-5H,2H2,(H2,13,14,15). The Morgan fingerprint density at radius 3 is 2.47 bits per heavy atom. The van der Waals surface area contributed by atoms with Gasteiger partial charge in [-0.15, -0.1) is 0 Å². The van der Waals surface area contributed by atoms with Crippen LogP contribution in [0.2, 0.25) is 10.0 Å². The number of benzene rings is 1. The van der Waals surface area contributed by atoms with Gasteiger partial charge in [0, 0.05) is 15.7 Å². The Hall–Kier alpha value is -1.44. The summed E-state index contributed by atoms with van der Waals surface area (Å²) in [5, 5.41) is 13.9. The van der Waals surface area contributed by atoms with E-state index < -0.39 is 6.03 Å². The van der Waals surface area contributed by atoms with E-state index in [9.17, 15) is 4.79 Å². The first-order chi connectivity index (χ1) is 7.11. The van der Waals surface area contributed by atoms with Gasteiger partial charge in [-0.3, -0.25) is 0 Å². The molecule has 0 radical (unpaired) electrons. The van der Waals surface area contributed by atoms with Gasteiger partial charge in [-0.1, -0.05) is 23.2 Å². The van der Waals surface area contributed by atoms with E-state index in [0.29, 0.717) is 15.7 Å². The highest BCUT2D eigenvalue weighted by Gasteiger charge is 2.02. The Morgan fingerprint density at radius 1 is 1.33 bits per heavy atom. The number of hydrogen-bond acceptors (Lipinski definition) is 2. The minimum absolute atomic E-state index is 0.0554. The van der Waals surface area contributed by atoms with E-state index in [-0.39, 0.29) is 6.54 Å². The molecule has 78 valence electrons. The zero-order valence-electron chi connectivity index (χ0n) is 7.55. The van der Waals surface area contributed by atoms with Crippen molar-refractivity contribution in [1.29, 1.82) is 5.26 Å². The molecule has 0 aliphatic heterocycles. The number of anilines is 1. The Morgan fingerprint density at radius 2 is 1.93 bits per heavy atom. The minimum atomic E-state index is -0.477. The van der Waals surface area contributed by atoms with Gasteiger partial charge in [-0.25, -0.2) is 4.79 Å². The second-order valence-corrected chi connectivity index (χ2v) is 3.50. The van der Waals surface area contributed by atoms with E-state index in [4.69, 9.17) is 28.5 Å². The Labute approximate surface area is 96.8 Å². The summed E-state index contributed by atoms with van der Waals surface area (Å²) in [6, 6.07) is 5.97. The van der Waals surface area contributed by atoms with E-state index in [1.54, 1.807) is 24.3 Å². The average Bonchev–Trinajstić information content (AvgIpc) is 2.13. The highest BCUT2D eigenvalue weighted by Crippen LogP contribution is 2.22. The summed E-state index contributed by atoms with van der Waals surface area (Å²) >= 11 is 11.5. The van der Waals surface area contributed by atoms with Gasteiger partial charge in [-0.2, -0.15) is 5.26 Å². The first kappa shape index (κ1) is 11.6. The van der Waals surface area contributed by atoms with E-state index in [2.05, 4.69) is 10.6 Å². The molecule has 2 amide bonds. The Balaban J connectivity index is 2.65. The zero-order chi connectivity index (χ0) is 11.3. The maximum Gasteiger partial charge on any atom is 0.320 e. The lowest BCUT2D eigenvalue weighted by Gasteiger charge is -2.05. The van der Waals surface area contributed by atoms with Crippen molar-refractivity contribution in [3.8, 4) is 6.07 Å². The molecule has 1 rings (SSSR count). The molecule has 0 spiro atoms. The van der Waals surface area contributed by atoms with Crippen LogP contribution in [0.3, 0.4) is 0 Å². The van der Waals surface area contributed by atoms with Crippen LogP contribution in [0.15, 0.2) is 18.2 Å². The number of hydrogen-bond donors (Lipinski definition) is 2. The Bertz CT molecular complexity index is 394. The summed E-state index contributed by atoms with van der Waals surface area (Å²) in [6.45, 7) is -0.0554. The molecule has 0 heterocycles. The van der Waals surface area contributed by atoms with Gasteiger partial charge in [0.15, 0.2) is 0 Å². The van der Waals surface area contributed by atoms with E-state index in [0.717, 1.165) is 0 Å². The monoisotopic (exact) mass is 243 g/mol. The number of nitriles is 1. The van der Waals surface area contributed by atoms with Gasteiger partial charge >= 0.3 is 6.03 Å². The van der Waals surface area contributed by atoms with Crippen LogP contribution in [0.4, 0.5) is 10.5 Å². The first-order valence-electron chi connectivity index (χ1n) is 3.99. The molecule has 1 aromatic carbocycles. The van der Waals surface area contributed by atoms with E-state index in [1.807, 2.05) is 0 Å². The second-order valence-electron chi connectivity index (χ2n) is 2.62. The normalized spacial score (nSPS) is 9.13. The molecule has 0 fully saturated rings. The second kappa shape index (κ2) is 5.44. The SMILES string of the molecule is N#CCNC(=O)Nc1cc(Cl)cc(Cl)c1. The lowest BCUT2D eigenvalue weighted by molar-refractivity contribution is 0.253. The lowest BCUT2D eigenvalue weighted by Crippen LogP contribution is -2.28. The molecular formula is C9H7Cl2N3O. The molecule has 4 nitrogen and oxygen atoms in total. The third-order valence-electron chi connectivity index (χ3n) is 1.45. The lowest BCUT2D eigenvalue weighted by atomic mass is 10.3. The van der Waals surface area contributed by atoms with Crippen molar-refractivity contribution >= 4 is 34.9 Å². The van der Waals surface area contributed by atoms with Crippen LogP contribution in [0.1, 0.15) is 0 Å². The highest BCUT2D eigenvalue weighted by molar-refractivity contribution is 6.35. The van der Waals surface area contributed by atoms with Crippen LogP contribution >= 0.6 is 23.2 Å². The number of amides is 2. The summed E-state index contributed by atoms with van der Waals surface area (Å²) in [5.41, 5.74) is 0.475. The zero-order valence-corrected chi connectivity index (χ0v) is 9.06. The molecule has 0 unspecified atom stereocenters. The number of halogens is 2. The maximum atomic E-state index is 11.1. The molecule has 0 aliphatic rings. The number of rotatable bonds is 2. The van der Waals surface area contributed by atoms with Gasteiger partial charge in [0.05, 0.1) is 6.07 Å². The third-order valence-corrected chi connectivity index (χ3v) is 1.88. The number of nitrogens with one attached hydrogen (secondary N) is 2. The molecule has 0 saturated heterocycles. The molecule has 1 aromatic rings. The smallest absolute Gasteiger partial charge is 0.320 e. The molecule has 6 heteroatoms. The topological polar surface area (TPSA) is 64.9 Å². The molecule has 0 bridgehead atoms. The molecule has 0 aromatic heterocycles. The largest absolute Gasteiger partial charge is 0.325 e. The number of urea groups is 1.